The van der Waals surface area contributed by atoms with Crippen molar-refractivity contribution in [2.45, 2.75) is 12.5 Å². The molecule has 0 unspecified atom stereocenters. The third kappa shape index (κ3) is 1.63. The number of fused-ring (bicyclic) bond motifs is 1. The molecule has 0 saturated heterocycles. The van der Waals surface area contributed by atoms with E-state index >= 15 is 0 Å². The fraction of sp³-hybridized carbons (Fsp3) is 0.308. The number of carbonyl (C=O) groups excluding carboxylic acids is 1. The molecule has 3 heteroatoms. The third-order valence-corrected chi connectivity index (χ3v) is 2.83. The van der Waals surface area contributed by atoms with Crippen LogP contribution in [0.15, 0.2) is 24.3 Å². The molecule has 0 fully saturated rings. The second kappa shape index (κ2) is 4.28. The topological polar surface area (TPSA) is 29.5 Å². The van der Waals surface area contributed by atoms with Crippen molar-refractivity contribution in [3.8, 4) is 12.3 Å². The van der Waals surface area contributed by atoms with Crippen molar-refractivity contribution in [1.82, 2.24) is 0 Å². The van der Waals surface area contributed by atoms with E-state index in [9.17, 15) is 4.79 Å². The van der Waals surface area contributed by atoms with Crippen LogP contribution < -0.4 is 4.90 Å². The zero-order valence-corrected chi connectivity index (χ0v) is 9.14. The molecule has 16 heavy (non-hydrogen) atoms. The van der Waals surface area contributed by atoms with Crippen LogP contribution in [0.4, 0.5) is 5.69 Å². The van der Waals surface area contributed by atoms with Gasteiger partial charge in [-0.05, 0) is 11.6 Å². The van der Waals surface area contributed by atoms with E-state index in [0.29, 0.717) is 13.0 Å². The summed E-state index contributed by atoms with van der Waals surface area (Å²) >= 11 is 0. The summed E-state index contributed by atoms with van der Waals surface area (Å²) in [6, 6.07) is 7.63. The highest BCUT2D eigenvalue weighted by atomic mass is 16.5. The number of benzene rings is 1. The Hall–Kier alpha value is -1.95. The Balaban J connectivity index is 2.34. The summed E-state index contributed by atoms with van der Waals surface area (Å²) in [4.78, 5) is 13.6. The summed E-state index contributed by atoms with van der Waals surface area (Å²) in [7, 11) is 1.40. The first-order chi connectivity index (χ1) is 7.77. The van der Waals surface area contributed by atoms with Crippen LogP contribution in [0.3, 0.4) is 0 Å². The first kappa shape index (κ1) is 10.6. The number of methoxy groups -OCH3 is 1. The minimum atomic E-state index is -0.279. The quantitative estimate of drug-likeness (QED) is 0.549. The molecule has 0 spiro atoms. The van der Waals surface area contributed by atoms with E-state index < -0.39 is 0 Å². The molecular weight excluding hydrogens is 202 g/mol. The molecule has 82 valence electrons. The van der Waals surface area contributed by atoms with E-state index in [1.165, 1.54) is 7.11 Å². The number of hydrogen-bond donors (Lipinski definition) is 0. The van der Waals surface area contributed by atoms with E-state index in [2.05, 4.69) is 5.92 Å². The van der Waals surface area contributed by atoms with Crippen molar-refractivity contribution in [3.05, 3.63) is 29.8 Å². The minimum absolute atomic E-state index is 0.230. The largest absolute Gasteiger partial charge is 0.467 e. The van der Waals surface area contributed by atoms with Crippen molar-refractivity contribution in [2.24, 2.45) is 0 Å². The highest BCUT2D eigenvalue weighted by molar-refractivity contribution is 5.84. The van der Waals surface area contributed by atoms with Crippen LogP contribution in [0, 0.1) is 12.3 Å². The van der Waals surface area contributed by atoms with Gasteiger partial charge in [-0.25, -0.2) is 4.79 Å². The molecular formula is C13H13NO2. The van der Waals surface area contributed by atoms with Gasteiger partial charge >= 0.3 is 5.97 Å². The fourth-order valence-corrected chi connectivity index (χ4v) is 2.09. The number of terminal acetylenes is 1. The van der Waals surface area contributed by atoms with E-state index in [0.717, 1.165) is 11.3 Å². The molecule has 0 amide bonds. The van der Waals surface area contributed by atoms with E-state index in [4.69, 9.17) is 11.2 Å². The van der Waals surface area contributed by atoms with Crippen LogP contribution in [-0.2, 0) is 16.0 Å². The van der Waals surface area contributed by atoms with Crippen LogP contribution in [0.1, 0.15) is 5.56 Å². The predicted molar refractivity (Wildman–Crippen MR) is 62.1 cm³/mol. The van der Waals surface area contributed by atoms with Crippen LogP contribution in [0.5, 0.6) is 0 Å². The molecule has 0 radical (unpaired) electrons. The minimum Gasteiger partial charge on any atom is -0.467 e. The SMILES string of the molecule is C#CCN1c2ccccc2C[C@H]1C(=O)OC. The maximum Gasteiger partial charge on any atom is 0.328 e. The Morgan fingerprint density at radius 3 is 3.06 bits per heavy atom. The lowest BCUT2D eigenvalue weighted by Gasteiger charge is -2.23. The Morgan fingerprint density at radius 2 is 2.38 bits per heavy atom. The van der Waals surface area contributed by atoms with Gasteiger partial charge in [0.15, 0.2) is 0 Å². The second-order valence-corrected chi connectivity index (χ2v) is 3.70. The summed E-state index contributed by atoms with van der Waals surface area (Å²) in [6.07, 6.45) is 6.00. The van der Waals surface area contributed by atoms with E-state index in [1.807, 2.05) is 29.2 Å². The third-order valence-electron chi connectivity index (χ3n) is 2.83. The molecule has 1 atom stereocenters. The van der Waals surface area contributed by atoms with Crippen LogP contribution in [-0.4, -0.2) is 25.7 Å². The summed E-state index contributed by atoms with van der Waals surface area (Å²) in [5, 5.41) is 0. The second-order valence-electron chi connectivity index (χ2n) is 3.70. The summed E-state index contributed by atoms with van der Waals surface area (Å²) in [5.74, 6) is 2.35. The molecule has 0 saturated carbocycles. The lowest BCUT2D eigenvalue weighted by molar-refractivity contribution is -0.142. The van der Waals surface area contributed by atoms with Crippen molar-refractivity contribution in [2.75, 3.05) is 18.6 Å². The average Bonchev–Trinajstić information content (AvgIpc) is 2.68. The van der Waals surface area contributed by atoms with Gasteiger partial charge in [-0.3, -0.25) is 0 Å². The predicted octanol–water partition coefficient (Wildman–Crippen LogP) is 1.22. The smallest absolute Gasteiger partial charge is 0.328 e. The molecule has 0 aromatic heterocycles. The Labute approximate surface area is 95.0 Å². The normalized spacial score (nSPS) is 17.8. The molecule has 1 aliphatic heterocycles. The highest BCUT2D eigenvalue weighted by Gasteiger charge is 2.34. The van der Waals surface area contributed by atoms with Gasteiger partial charge in [0, 0.05) is 12.1 Å². The number of esters is 1. The monoisotopic (exact) mass is 215 g/mol. The molecule has 0 aliphatic carbocycles. The van der Waals surface area contributed by atoms with Gasteiger partial charge in [-0.2, -0.15) is 0 Å². The summed E-state index contributed by atoms with van der Waals surface area (Å²) in [6.45, 7) is 0.427. The standard InChI is InChI=1S/C13H13NO2/c1-3-8-14-11-7-5-4-6-10(11)9-12(14)13(15)16-2/h1,4-7,12H,8-9H2,2H3/t12-/m0/s1. The zero-order chi connectivity index (χ0) is 11.5. The number of nitrogens with zero attached hydrogens (tertiary/aromatic N) is 1. The van der Waals surface area contributed by atoms with Gasteiger partial charge in [0.25, 0.3) is 0 Å². The molecule has 1 heterocycles. The van der Waals surface area contributed by atoms with Crippen LogP contribution >= 0.6 is 0 Å². The van der Waals surface area contributed by atoms with Gasteiger partial charge in [0.2, 0.25) is 0 Å². The number of para-hydroxylation sites is 1. The molecule has 0 N–H and O–H groups in total. The van der Waals surface area contributed by atoms with Crippen molar-refractivity contribution in [3.63, 3.8) is 0 Å². The number of anilines is 1. The molecule has 3 nitrogen and oxygen atoms in total. The van der Waals surface area contributed by atoms with Gasteiger partial charge in [-0.15, -0.1) is 6.42 Å². The number of carbonyl (C=O) groups is 1. The molecule has 1 aromatic rings. The van der Waals surface area contributed by atoms with Crippen molar-refractivity contribution in [1.29, 1.82) is 0 Å². The van der Waals surface area contributed by atoms with Gasteiger partial charge < -0.3 is 9.64 Å². The molecule has 1 aliphatic rings. The fourth-order valence-electron chi connectivity index (χ4n) is 2.09. The first-order valence-electron chi connectivity index (χ1n) is 5.13. The van der Waals surface area contributed by atoms with Crippen molar-refractivity contribution >= 4 is 11.7 Å². The van der Waals surface area contributed by atoms with Crippen LogP contribution in [0.25, 0.3) is 0 Å². The van der Waals surface area contributed by atoms with Gasteiger partial charge in [0.05, 0.1) is 13.7 Å². The summed E-state index contributed by atoms with van der Waals surface area (Å²) < 4.78 is 4.79. The zero-order valence-electron chi connectivity index (χ0n) is 9.14. The molecule has 2 rings (SSSR count). The average molecular weight is 215 g/mol. The highest BCUT2D eigenvalue weighted by Crippen LogP contribution is 2.31. The maximum absolute atomic E-state index is 11.6. The Morgan fingerprint density at radius 1 is 1.62 bits per heavy atom. The number of hydrogen-bond acceptors (Lipinski definition) is 3. The Bertz CT molecular complexity index is 447. The van der Waals surface area contributed by atoms with E-state index in [1.54, 1.807) is 0 Å². The van der Waals surface area contributed by atoms with E-state index in [-0.39, 0.29) is 12.0 Å². The number of rotatable bonds is 2. The first-order valence-corrected chi connectivity index (χ1v) is 5.13. The van der Waals surface area contributed by atoms with Gasteiger partial charge in [0.1, 0.15) is 6.04 Å². The lowest BCUT2D eigenvalue weighted by atomic mass is 10.1. The number of ether oxygens (including phenoxy) is 1. The molecule has 1 aromatic carbocycles. The lowest BCUT2D eigenvalue weighted by Crippen LogP contribution is -2.39. The van der Waals surface area contributed by atoms with Crippen molar-refractivity contribution < 1.29 is 9.53 Å². The van der Waals surface area contributed by atoms with Gasteiger partial charge in [-0.1, -0.05) is 24.1 Å². The summed E-state index contributed by atoms with van der Waals surface area (Å²) in [5.41, 5.74) is 2.18. The maximum atomic E-state index is 11.6. The Kier molecular flexibility index (Phi) is 2.82. The van der Waals surface area contributed by atoms with Crippen LogP contribution in [0.2, 0.25) is 0 Å². The molecule has 0 bridgehead atoms.